The van der Waals surface area contributed by atoms with Crippen LogP contribution in [-0.2, 0) is 16.1 Å². The summed E-state index contributed by atoms with van der Waals surface area (Å²) in [6.07, 6.45) is 5.26. The number of hydrogen-bond acceptors (Lipinski definition) is 5. The lowest BCUT2D eigenvalue weighted by molar-refractivity contribution is -0.144. The fourth-order valence-electron chi connectivity index (χ4n) is 2.14. The molecule has 0 saturated heterocycles. The van der Waals surface area contributed by atoms with Crippen LogP contribution in [0.4, 0.5) is 0 Å². The van der Waals surface area contributed by atoms with E-state index in [0.717, 1.165) is 16.8 Å². The van der Waals surface area contributed by atoms with Crippen molar-refractivity contribution in [3.05, 3.63) is 36.3 Å². The van der Waals surface area contributed by atoms with Crippen molar-refractivity contribution in [3.63, 3.8) is 0 Å². The van der Waals surface area contributed by atoms with Gasteiger partial charge in [0.1, 0.15) is 6.04 Å². The van der Waals surface area contributed by atoms with Gasteiger partial charge in [-0.05, 0) is 18.1 Å². The van der Waals surface area contributed by atoms with Crippen molar-refractivity contribution in [2.75, 3.05) is 7.11 Å². The summed E-state index contributed by atoms with van der Waals surface area (Å²) in [6, 6.07) is 3.50. The van der Waals surface area contributed by atoms with Gasteiger partial charge in [0.15, 0.2) is 0 Å². The van der Waals surface area contributed by atoms with Gasteiger partial charge in [-0.1, -0.05) is 13.8 Å². The Morgan fingerprint density at radius 1 is 1.43 bits per heavy atom. The van der Waals surface area contributed by atoms with Gasteiger partial charge in [0.05, 0.1) is 19.0 Å². The van der Waals surface area contributed by atoms with Gasteiger partial charge in [-0.15, -0.1) is 0 Å². The van der Waals surface area contributed by atoms with Gasteiger partial charge >= 0.3 is 5.97 Å². The first kappa shape index (κ1) is 15.2. The van der Waals surface area contributed by atoms with E-state index < -0.39 is 0 Å². The second kappa shape index (κ2) is 6.99. The molecule has 6 heteroatoms. The molecule has 0 bridgehead atoms. The number of ether oxygens (including phenoxy) is 1. The molecule has 0 saturated carbocycles. The van der Waals surface area contributed by atoms with Gasteiger partial charge in [0, 0.05) is 30.1 Å². The van der Waals surface area contributed by atoms with Crippen LogP contribution >= 0.6 is 0 Å². The van der Waals surface area contributed by atoms with Crippen LogP contribution in [0.15, 0.2) is 30.7 Å². The number of nitrogens with zero attached hydrogens (tertiary/aromatic N) is 2. The Morgan fingerprint density at radius 3 is 2.86 bits per heavy atom. The molecule has 1 unspecified atom stereocenters. The van der Waals surface area contributed by atoms with Gasteiger partial charge in [-0.25, -0.2) is 0 Å². The highest BCUT2D eigenvalue weighted by atomic mass is 16.5. The summed E-state index contributed by atoms with van der Waals surface area (Å²) < 4.78 is 4.82. The van der Waals surface area contributed by atoms with Crippen molar-refractivity contribution in [1.82, 2.24) is 20.5 Å². The van der Waals surface area contributed by atoms with Crippen molar-refractivity contribution in [2.45, 2.75) is 26.4 Å². The highest BCUT2D eigenvalue weighted by molar-refractivity contribution is 5.76. The summed E-state index contributed by atoms with van der Waals surface area (Å²) in [7, 11) is 1.40. The number of methoxy groups -OCH3 is 1. The van der Waals surface area contributed by atoms with E-state index in [1.807, 2.05) is 26.0 Å². The molecule has 0 spiro atoms. The summed E-state index contributed by atoms with van der Waals surface area (Å²) in [5.74, 6) is -0.109. The fraction of sp³-hybridized carbons (Fsp3) is 0.400. The van der Waals surface area contributed by atoms with Gasteiger partial charge in [0.2, 0.25) is 0 Å². The van der Waals surface area contributed by atoms with E-state index in [2.05, 4.69) is 20.5 Å². The monoisotopic (exact) mass is 288 g/mol. The van der Waals surface area contributed by atoms with Crippen molar-refractivity contribution in [2.24, 2.45) is 5.92 Å². The minimum atomic E-state index is -0.341. The van der Waals surface area contributed by atoms with E-state index >= 15 is 0 Å². The topological polar surface area (TPSA) is 79.9 Å². The van der Waals surface area contributed by atoms with Crippen LogP contribution in [0.2, 0.25) is 0 Å². The molecule has 112 valence electrons. The molecule has 0 aromatic carbocycles. The molecule has 0 aliphatic rings. The lowest BCUT2D eigenvalue weighted by Gasteiger charge is -2.19. The summed E-state index contributed by atoms with van der Waals surface area (Å²) in [6.45, 7) is 4.48. The van der Waals surface area contributed by atoms with Crippen LogP contribution in [0.25, 0.3) is 11.3 Å². The molecule has 0 amide bonds. The van der Waals surface area contributed by atoms with E-state index in [1.165, 1.54) is 7.11 Å². The number of nitrogens with one attached hydrogen (secondary N) is 2. The quantitative estimate of drug-likeness (QED) is 0.792. The van der Waals surface area contributed by atoms with Crippen molar-refractivity contribution < 1.29 is 9.53 Å². The molecule has 0 fully saturated rings. The number of carbonyl (C=O) groups is 1. The van der Waals surface area contributed by atoms with Gasteiger partial charge < -0.3 is 4.74 Å². The minimum Gasteiger partial charge on any atom is -0.468 e. The zero-order chi connectivity index (χ0) is 15.2. The highest BCUT2D eigenvalue weighted by Gasteiger charge is 2.22. The van der Waals surface area contributed by atoms with Crippen LogP contribution in [0, 0.1) is 5.92 Å². The molecule has 2 aromatic heterocycles. The lowest BCUT2D eigenvalue weighted by atomic mass is 10.0. The molecule has 0 aliphatic heterocycles. The Hall–Kier alpha value is -2.21. The number of rotatable bonds is 6. The van der Waals surface area contributed by atoms with Crippen LogP contribution < -0.4 is 5.32 Å². The first-order chi connectivity index (χ1) is 10.1. The van der Waals surface area contributed by atoms with Crippen LogP contribution in [-0.4, -0.2) is 34.3 Å². The largest absolute Gasteiger partial charge is 0.468 e. The molecule has 2 N–H and O–H groups in total. The first-order valence-corrected chi connectivity index (χ1v) is 6.87. The first-order valence-electron chi connectivity index (χ1n) is 6.87. The zero-order valence-corrected chi connectivity index (χ0v) is 12.5. The second-order valence-corrected chi connectivity index (χ2v) is 5.14. The van der Waals surface area contributed by atoms with Crippen LogP contribution in [0.1, 0.15) is 19.4 Å². The van der Waals surface area contributed by atoms with E-state index in [1.54, 1.807) is 18.6 Å². The Morgan fingerprint density at radius 2 is 2.24 bits per heavy atom. The van der Waals surface area contributed by atoms with Gasteiger partial charge in [-0.2, -0.15) is 5.10 Å². The second-order valence-electron chi connectivity index (χ2n) is 5.14. The summed E-state index contributed by atoms with van der Waals surface area (Å²) in [4.78, 5) is 15.9. The molecular formula is C15H20N4O2. The standard InChI is InChI=1S/C15H20N4O2/c1-10(2)13(15(20)21-3)17-8-12-9-18-19-14(12)11-5-4-6-16-7-11/h4-7,9-10,13,17H,8H2,1-3H3,(H,18,19). The molecule has 6 nitrogen and oxygen atoms in total. The fourth-order valence-corrected chi connectivity index (χ4v) is 2.14. The zero-order valence-electron chi connectivity index (χ0n) is 12.5. The molecule has 1 atom stereocenters. The normalized spacial score (nSPS) is 12.4. The van der Waals surface area contributed by atoms with Crippen molar-refractivity contribution in [3.8, 4) is 11.3 Å². The Balaban J connectivity index is 2.11. The van der Waals surface area contributed by atoms with E-state index in [0.29, 0.717) is 6.54 Å². The molecule has 2 rings (SSSR count). The number of hydrogen-bond donors (Lipinski definition) is 2. The maximum atomic E-state index is 11.7. The van der Waals surface area contributed by atoms with E-state index in [-0.39, 0.29) is 17.9 Å². The summed E-state index contributed by atoms with van der Waals surface area (Å²) in [5, 5.41) is 10.3. The van der Waals surface area contributed by atoms with E-state index in [9.17, 15) is 4.79 Å². The summed E-state index contributed by atoms with van der Waals surface area (Å²) >= 11 is 0. The lowest BCUT2D eigenvalue weighted by Crippen LogP contribution is -2.41. The number of pyridine rings is 1. The molecule has 0 radical (unpaired) electrons. The average molecular weight is 288 g/mol. The van der Waals surface area contributed by atoms with Crippen LogP contribution in [0.3, 0.4) is 0 Å². The predicted molar refractivity (Wildman–Crippen MR) is 79.3 cm³/mol. The third kappa shape index (κ3) is 3.66. The minimum absolute atomic E-state index is 0.145. The molecule has 21 heavy (non-hydrogen) atoms. The third-order valence-corrected chi connectivity index (χ3v) is 3.30. The smallest absolute Gasteiger partial charge is 0.323 e. The maximum absolute atomic E-state index is 11.7. The van der Waals surface area contributed by atoms with Crippen molar-refractivity contribution >= 4 is 5.97 Å². The van der Waals surface area contributed by atoms with E-state index in [4.69, 9.17) is 4.74 Å². The molecular weight excluding hydrogens is 268 g/mol. The Labute approximate surface area is 123 Å². The van der Waals surface area contributed by atoms with Crippen LogP contribution in [0.5, 0.6) is 0 Å². The third-order valence-electron chi connectivity index (χ3n) is 3.30. The van der Waals surface area contributed by atoms with Crippen molar-refractivity contribution in [1.29, 1.82) is 0 Å². The van der Waals surface area contributed by atoms with Gasteiger partial charge in [-0.3, -0.25) is 20.2 Å². The SMILES string of the molecule is COC(=O)C(NCc1cn[nH]c1-c1cccnc1)C(C)C. The predicted octanol–water partition coefficient (Wildman–Crippen LogP) is 1.76. The van der Waals surface area contributed by atoms with Gasteiger partial charge in [0.25, 0.3) is 0 Å². The number of carbonyl (C=O) groups excluding carboxylic acids is 1. The number of H-pyrrole nitrogens is 1. The number of aromatic nitrogens is 3. The maximum Gasteiger partial charge on any atom is 0.323 e. The highest BCUT2D eigenvalue weighted by Crippen LogP contribution is 2.20. The Bertz CT molecular complexity index is 580. The number of aromatic amines is 1. The molecule has 2 heterocycles. The molecule has 2 aromatic rings. The Kier molecular flexibility index (Phi) is 5.05. The summed E-state index contributed by atoms with van der Waals surface area (Å²) in [5.41, 5.74) is 2.85. The average Bonchev–Trinajstić information content (AvgIpc) is 2.96. The molecule has 0 aliphatic carbocycles. The number of esters is 1.